The van der Waals surface area contributed by atoms with Crippen LogP contribution in [0.3, 0.4) is 0 Å². The van der Waals surface area contributed by atoms with Gasteiger partial charge in [0.05, 0.1) is 12.9 Å². The van der Waals surface area contributed by atoms with Crippen LogP contribution in [0.2, 0.25) is 0 Å². The first-order valence-corrected chi connectivity index (χ1v) is 10.1. The van der Waals surface area contributed by atoms with E-state index >= 15 is 0 Å². The molecule has 0 radical (unpaired) electrons. The summed E-state index contributed by atoms with van der Waals surface area (Å²) in [6.07, 6.45) is 1.66. The summed E-state index contributed by atoms with van der Waals surface area (Å²) < 4.78 is 1.85. The molecule has 0 saturated carbocycles. The average molecular weight is 405 g/mol. The molecule has 3 N–H and O–H groups in total. The third-order valence-corrected chi connectivity index (χ3v) is 6.12. The Hall–Kier alpha value is -4.19. The summed E-state index contributed by atoms with van der Waals surface area (Å²) in [4.78, 5) is 23.7. The topological polar surface area (TPSA) is 89.6 Å². The van der Waals surface area contributed by atoms with Crippen LogP contribution >= 0.6 is 0 Å². The Labute approximate surface area is 177 Å². The van der Waals surface area contributed by atoms with Crippen molar-refractivity contribution in [3.05, 3.63) is 88.5 Å². The number of rotatable bonds is 2. The van der Waals surface area contributed by atoms with Crippen LogP contribution in [0.5, 0.6) is 0 Å². The van der Waals surface area contributed by atoms with Gasteiger partial charge in [-0.15, -0.1) is 0 Å². The number of hydrogen-bond donors (Lipinski definition) is 2. The number of benzene rings is 4. The molecule has 0 aliphatic heterocycles. The van der Waals surface area contributed by atoms with E-state index in [1.54, 1.807) is 6.33 Å². The number of nitrogens with two attached hydrogens (primary N) is 1. The monoisotopic (exact) mass is 405 g/mol. The van der Waals surface area contributed by atoms with E-state index in [0.717, 1.165) is 5.56 Å². The Kier molecular flexibility index (Phi) is 3.65. The molecule has 0 fully saturated rings. The Morgan fingerprint density at radius 2 is 1.68 bits per heavy atom. The number of H-pyrrole nitrogens is 1. The Balaban J connectivity index is 1.72. The molecule has 150 valence electrons. The van der Waals surface area contributed by atoms with Gasteiger partial charge < -0.3 is 10.3 Å². The lowest BCUT2D eigenvalue weighted by atomic mass is 9.89. The second-order valence-corrected chi connectivity index (χ2v) is 7.85. The van der Waals surface area contributed by atoms with E-state index in [2.05, 4.69) is 82.5 Å². The average Bonchev–Trinajstić information content (AvgIpc) is 3.18. The molecule has 2 aromatic heterocycles. The molecule has 6 heteroatoms. The van der Waals surface area contributed by atoms with Gasteiger partial charge in [-0.3, -0.25) is 9.78 Å². The van der Waals surface area contributed by atoms with Crippen molar-refractivity contribution in [2.75, 3.05) is 5.73 Å². The number of anilines is 1. The molecule has 2 heterocycles. The molecule has 0 saturated heterocycles. The number of nitrogen functional groups attached to an aromatic ring is 1. The van der Waals surface area contributed by atoms with E-state index in [-0.39, 0.29) is 11.5 Å². The summed E-state index contributed by atoms with van der Waals surface area (Å²) in [7, 11) is 0. The minimum atomic E-state index is -0.286. The fourth-order valence-electron chi connectivity index (χ4n) is 4.74. The SMILES string of the molecule is Cc1c2ccccc2c(Cn2cnc3nc(N)[nH]c(=O)c32)c2ccc3ccccc3c12. The first kappa shape index (κ1) is 17.7. The van der Waals surface area contributed by atoms with Gasteiger partial charge in [0.1, 0.15) is 0 Å². The van der Waals surface area contributed by atoms with Crippen LogP contribution in [0.25, 0.3) is 43.5 Å². The van der Waals surface area contributed by atoms with E-state index in [1.807, 2.05) is 4.57 Å². The molecule has 0 bridgehead atoms. The molecule has 6 aromatic rings. The number of nitrogens with one attached hydrogen (secondary N) is 1. The van der Waals surface area contributed by atoms with E-state index in [9.17, 15) is 4.79 Å². The lowest BCUT2D eigenvalue weighted by Crippen LogP contribution is -2.15. The lowest BCUT2D eigenvalue weighted by Gasteiger charge is -2.17. The van der Waals surface area contributed by atoms with Crippen LogP contribution in [-0.2, 0) is 6.54 Å². The van der Waals surface area contributed by atoms with Crippen LogP contribution in [0.1, 0.15) is 11.1 Å². The van der Waals surface area contributed by atoms with Crippen LogP contribution < -0.4 is 11.3 Å². The lowest BCUT2D eigenvalue weighted by molar-refractivity contribution is 0.830. The minimum absolute atomic E-state index is 0.0699. The zero-order chi connectivity index (χ0) is 21.1. The number of hydrogen-bond acceptors (Lipinski definition) is 4. The molecule has 6 nitrogen and oxygen atoms in total. The third kappa shape index (κ3) is 2.55. The molecule has 4 aromatic carbocycles. The highest BCUT2D eigenvalue weighted by atomic mass is 16.1. The predicted molar refractivity (Wildman–Crippen MR) is 125 cm³/mol. The van der Waals surface area contributed by atoms with E-state index < -0.39 is 0 Å². The summed E-state index contributed by atoms with van der Waals surface area (Å²) >= 11 is 0. The number of aryl methyl sites for hydroxylation is 1. The van der Waals surface area contributed by atoms with Crippen molar-refractivity contribution in [2.24, 2.45) is 0 Å². The second-order valence-electron chi connectivity index (χ2n) is 7.85. The summed E-state index contributed by atoms with van der Waals surface area (Å²) in [5.41, 5.74) is 8.59. The van der Waals surface area contributed by atoms with Gasteiger partial charge in [0.2, 0.25) is 5.95 Å². The molecule has 0 aliphatic rings. The molecule has 31 heavy (non-hydrogen) atoms. The fourth-order valence-corrected chi connectivity index (χ4v) is 4.74. The molecule has 0 atom stereocenters. The minimum Gasteiger partial charge on any atom is -0.369 e. The van der Waals surface area contributed by atoms with Crippen LogP contribution in [-0.4, -0.2) is 19.5 Å². The van der Waals surface area contributed by atoms with Crippen molar-refractivity contribution in [1.82, 2.24) is 19.5 Å². The molecule has 6 rings (SSSR count). The van der Waals surface area contributed by atoms with Crippen LogP contribution in [0, 0.1) is 6.92 Å². The molecule has 0 aliphatic carbocycles. The van der Waals surface area contributed by atoms with Gasteiger partial charge in [-0.25, -0.2) is 4.98 Å². The Morgan fingerprint density at radius 1 is 0.935 bits per heavy atom. The smallest absolute Gasteiger partial charge is 0.278 e. The van der Waals surface area contributed by atoms with Crippen molar-refractivity contribution >= 4 is 49.4 Å². The number of imidazole rings is 1. The maximum absolute atomic E-state index is 12.6. The van der Waals surface area contributed by atoms with Gasteiger partial charge in [-0.1, -0.05) is 60.7 Å². The van der Waals surface area contributed by atoms with Gasteiger partial charge in [0.15, 0.2) is 11.2 Å². The fraction of sp³-hybridized carbons (Fsp3) is 0.0800. The van der Waals surface area contributed by atoms with Crippen molar-refractivity contribution < 1.29 is 0 Å². The number of aromatic amines is 1. The molecule has 0 unspecified atom stereocenters. The van der Waals surface area contributed by atoms with Gasteiger partial charge in [-0.2, -0.15) is 4.98 Å². The summed E-state index contributed by atoms with van der Waals surface area (Å²) in [5.74, 6) is 0.0699. The van der Waals surface area contributed by atoms with Gasteiger partial charge in [-0.05, 0) is 50.4 Å². The van der Waals surface area contributed by atoms with Crippen LogP contribution in [0.4, 0.5) is 5.95 Å². The van der Waals surface area contributed by atoms with Gasteiger partial charge in [0.25, 0.3) is 5.56 Å². The van der Waals surface area contributed by atoms with E-state index in [4.69, 9.17) is 5.73 Å². The van der Waals surface area contributed by atoms with Crippen molar-refractivity contribution in [3.8, 4) is 0 Å². The first-order valence-electron chi connectivity index (χ1n) is 10.1. The predicted octanol–water partition coefficient (Wildman–Crippen LogP) is 4.52. The van der Waals surface area contributed by atoms with Gasteiger partial charge in [0, 0.05) is 0 Å². The number of aromatic nitrogens is 4. The summed E-state index contributed by atoms with van der Waals surface area (Å²) in [5, 5.41) is 7.24. The first-order chi connectivity index (χ1) is 15.1. The highest BCUT2D eigenvalue weighted by molar-refractivity contribution is 6.16. The van der Waals surface area contributed by atoms with Crippen molar-refractivity contribution in [2.45, 2.75) is 13.5 Å². The summed E-state index contributed by atoms with van der Waals surface area (Å²) in [6, 6.07) is 21.2. The zero-order valence-electron chi connectivity index (χ0n) is 16.9. The van der Waals surface area contributed by atoms with Crippen molar-refractivity contribution in [3.63, 3.8) is 0 Å². The quantitative estimate of drug-likeness (QED) is 0.327. The normalized spacial score (nSPS) is 11.8. The maximum Gasteiger partial charge on any atom is 0.278 e. The second kappa shape index (κ2) is 6.40. The third-order valence-electron chi connectivity index (χ3n) is 6.12. The Morgan fingerprint density at radius 3 is 2.52 bits per heavy atom. The maximum atomic E-state index is 12.6. The highest BCUT2D eigenvalue weighted by Crippen LogP contribution is 2.37. The summed E-state index contributed by atoms with van der Waals surface area (Å²) in [6.45, 7) is 2.69. The standard InChI is InChI=1S/C25H19N5O/c1-14-16-7-4-5-9-18(16)20(19-11-10-15-6-2-3-8-17(15)21(14)19)12-30-13-27-23-22(30)24(31)29-25(26)28-23/h2-11,13H,12H2,1H3,(H3,26,28,29,31). The highest BCUT2D eigenvalue weighted by Gasteiger charge is 2.16. The molecular weight excluding hydrogens is 386 g/mol. The molecular formula is C25H19N5O. The van der Waals surface area contributed by atoms with E-state index in [1.165, 1.54) is 37.9 Å². The van der Waals surface area contributed by atoms with Crippen LogP contribution in [0.15, 0.2) is 71.8 Å². The van der Waals surface area contributed by atoms with E-state index in [0.29, 0.717) is 17.7 Å². The molecule has 0 spiro atoms. The molecule has 0 amide bonds. The largest absolute Gasteiger partial charge is 0.369 e. The van der Waals surface area contributed by atoms with Crippen molar-refractivity contribution in [1.29, 1.82) is 0 Å². The Bertz CT molecular complexity index is 1710. The number of fused-ring (bicyclic) bond motifs is 5. The zero-order valence-corrected chi connectivity index (χ0v) is 16.9. The van der Waals surface area contributed by atoms with Gasteiger partial charge >= 0.3 is 0 Å². The number of nitrogens with zero attached hydrogens (tertiary/aromatic N) is 3.